The lowest BCUT2D eigenvalue weighted by Crippen LogP contribution is -2.30. The third-order valence-electron chi connectivity index (χ3n) is 4.11. The summed E-state index contributed by atoms with van der Waals surface area (Å²) < 4.78 is 20.0. The first-order chi connectivity index (χ1) is 9.13. The predicted octanol–water partition coefficient (Wildman–Crippen LogP) is 4.19. The fourth-order valence-corrected chi connectivity index (χ4v) is 3.02. The number of hydrogen-bond acceptors (Lipinski definition) is 2. The quantitative estimate of drug-likeness (QED) is 0.885. The van der Waals surface area contributed by atoms with E-state index in [1.54, 1.807) is 13.0 Å². The highest BCUT2D eigenvalue weighted by Gasteiger charge is 2.26. The van der Waals surface area contributed by atoms with E-state index in [2.05, 4.69) is 6.92 Å². The topological polar surface area (TPSA) is 35.2 Å². The highest BCUT2D eigenvalue weighted by atomic mass is 19.1. The molecule has 0 aliphatic heterocycles. The van der Waals surface area contributed by atoms with Gasteiger partial charge in [-0.2, -0.15) is 0 Å². The molecule has 0 amide bonds. The summed E-state index contributed by atoms with van der Waals surface area (Å²) in [6.45, 7) is 3.99. The van der Waals surface area contributed by atoms with Crippen molar-refractivity contribution in [3.8, 4) is 5.75 Å². The van der Waals surface area contributed by atoms with Crippen molar-refractivity contribution in [2.24, 2.45) is 11.7 Å². The predicted molar refractivity (Wildman–Crippen MR) is 75.7 cm³/mol. The van der Waals surface area contributed by atoms with Gasteiger partial charge in [-0.1, -0.05) is 19.4 Å². The first-order valence-corrected chi connectivity index (χ1v) is 7.34. The SMILES string of the molecule is CCC1CCCCC1Oc1cccc(F)c1[C@H](C)N. The van der Waals surface area contributed by atoms with Crippen LogP contribution in [-0.4, -0.2) is 6.10 Å². The third-order valence-corrected chi connectivity index (χ3v) is 4.11. The second-order valence-corrected chi connectivity index (χ2v) is 5.55. The standard InChI is InChI=1S/C16H24FNO/c1-3-12-7-4-5-9-14(12)19-15-10-6-8-13(17)16(15)11(2)18/h6,8,10-12,14H,3-5,7,9,18H2,1-2H3/t11-,12?,14?/m0/s1. The minimum atomic E-state index is -0.347. The highest BCUT2D eigenvalue weighted by molar-refractivity contribution is 5.37. The molecule has 19 heavy (non-hydrogen) atoms. The molecule has 0 spiro atoms. The molecular weight excluding hydrogens is 241 g/mol. The van der Waals surface area contributed by atoms with Crippen LogP contribution in [0.5, 0.6) is 5.75 Å². The molecule has 0 aromatic heterocycles. The molecule has 1 aliphatic rings. The average Bonchev–Trinajstić information content (AvgIpc) is 2.39. The zero-order valence-corrected chi connectivity index (χ0v) is 11.9. The maximum Gasteiger partial charge on any atom is 0.131 e. The van der Waals surface area contributed by atoms with Gasteiger partial charge in [0.15, 0.2) is 0 Å². The molecule has 0 bridgehead atoms. The van der Waals surface area contributed by atoms with Gasteiger partial charge in [-0.15, -0.1) is 0 Å². The smallest absolute Gasteiger partial charge is 0.131 e. The van der Waals surface area contributed by atoms with Crippen molar-refractivity contribution >= 4 is 0 Å². The average molecular weight is 265 g/mol. The van der Waals surface area contributed by atoms with Crippen LogP contribution in [0.1, 0.15) is 57.6 Å². The van der Waals surface area contributed by atoms with Gasteiger partial charge in [0.1, 0.15) is 17.7 Å². The zero-order valence-electron chi connectivity index (χ0n) is 11.9. The molecule has 1 aromatic rings. The van der Waals surface area contributed by atoms with Gasteiger partial charge in [0.2, 0.25) is 0 Å². The molecular formula is C16H24FNO. The Morgan fingerprint density at radius 3 is 2.79 bits per heavy atom. The van der Waals surface area contributed by atoms with E-state index in [9.17, 15) is 4.39 Å². The van der Waals surface area contributed by atoms with Gasteiger partial charge in [-0.3, -0.25) is 0 Å². The number of hydrogen-bond donors (Lipinski definition) is 1. The largest absolute Gasteiger partial charge is 0.490 e. The minimum Gasteiger partial charge on any atom is -0.490 e. The van der Waals surface area contributed by atoms with Crippen LogP contribution in [0.4, 0.5) is 4.39 Å². The van der Waals surface area contributed by atoms with Crippen molar-refractivity contribution in [2.75, 3.05) is 0 Å². The van der Waals surface area contributed by atoms with Crippen LogP contribution < -0.4 is 10.5 Å². The molecule has 0 heterocycles. The first kappa shape index (κ1) is 14.3. The summed E-state index contributed by atoms with van der Waals surface area (Å²) in [6, 6.07) is 4.63. The van der Waals surface area contributed by atoms with Crippen LogP contribution in [0.2, 0.25) is 0 Å². The Morgan fingerprint density at radius 2 is 2.11 bits per heavy atom. The molecule has 2 unspecified atom stereocenters. The van der Waals surface area contributed by atoms with Crippen LogP contribution >= 0.6 is 0 Å². The van der Waals surface area contributed by atoms with Crippen LogP contribution in [-0.2, 0) is 0 Å². The fourth-order valence-electron chi connectivity index (χ4n) is 3.02. The van der Waals surface area contributed by atoms with Crippen molar-refractivity contribution in [1.82, 2.24) is 0 Å². The zero-order chi connectivity index (χ0) is 13.8. The number of ether oxygens (including phenoxy) is 1. The molecule has 106 valence electrons. The molecule has 2 nitrogen and oxygen atoms in total. The second-order valence-electron chi connectivity index (χ2n) is 5.55. The molecule has 2 rings (SSSR count). The van der Waals surface area contributed by atoms with Gasteiger partial charge >= 0.3 is 0 Å². The summed E-state index contributed by atoms with van der Waals surface area (Å²) in [5, 5.41) is 0. The molecule has 0 saturated heterocycles. The Hall–Kier alpha value is -1.09. The summed E-state index contributed by atoms with van der Waals surface area (Å²) >= 11 is 0. The molecule has 3 atom stereocenters. The van der Waals surface area contributed by atoms with Gasteiger partial charge in [0.25, 0.3) is 0 Å². The van der Waals surface area contributed by atoms with Crippen molar-refractivity contribution < 1.29 is 9.13 Å². The van der Waals surface area contributed by atoms with Crippen molar-refractivity contribution in [2.45, 2.75) is 58.1 Å². The van der Waals surface area contributed by atoms with Gasteiger partial charge in [-0.05, 0) is 50.7 Å². The van der Waals surface area contributed by atoms with Crippen LogP contribution in [0.25, 0.3) is 0 Å². The van der Waals surface area contributed by atoms with Gasteiger partial charge in [-0.25, -0.2) is 4.39 Å². The van der Waals surface area contributed by atoms with Crippen molar-refractivity contribution in [1.29, 1.82) is 0 Å². The van der Waals surface area contributed by atoms with E-state index in [0.29, 0.717) is 17.2 Å². The minimum absolute atomic E-state index is 0.207. The summed E-state index contributed by atoms with van der Waals surface area (Å²) in [7, 11) is 0. The van der Waals surface area contributed by atoms with Gasteiger partial charge in [0.05, 0.1) is 0 Å². The second kappa shape index (κ2) is 6.38. The maximum atomic E-state index is 13.9. The monoisotopic (exact) mass is 265 g/mol. The van der Waals surface area contributed by atoms with Crippen LogP contribution in [0.15, 0.2) is 18.2 Å². The van der Waals surface area contributed by atoms with E-state index in [-0.39, 0.29) is 18.0 Å². The summed E-state index contributed by atoms with van der Waals surface area (Å²) in [4.78, 5) is 0. The lowest BCUT2D eigenvalue weighted by Gasteiger charge is -2.32. The Bertz CT molecular complexity index is 419. The van der Waals surface area contributed by atoms with Crippen molar-refractivity contribution in [3.05, 3.63) is 29.6 Å². The fraction of sp³-hybridized carbons (Fsp3) is 0.625. The van der Waals surface area contributed by atoms with E-state index in [0.717, 1.165) is 12.8 Å². The molecule has 1 saturated carbocycles. The molecule has 1 fully saturated rings. The number of nitrogens with two attached hydrogens (primary N) is 1. The number of benzene rings is 1. The normalized spacial score (nSPS) is 25.1. The molecule has 0 radical (unpaired) electrons. The Labute approximate surface area is 115 Å². The van der Waals surface area contributed by atoms with E-state index in [1.165, 1.54) is 25.3 Å². The molecule has 1 aromatic carbocycles. The summed E-state index contributed by atoms with van der Waals surface area (Å²) in [5.41, 5.74) is 6.37. The van der Waals surface area contributed by atoms with Gasteiger partial charge in [0, 0.05) is 11.6 Å². The lowest BCUT2D eigenvalue weighted by molar-refractivity contribution is 0.0886. The first-order valence-electron chi connectivity index (χ1n) is 7.34. The number of halogens is 1. The Kier molecular flexibility index (Phi) is 4.81. The van der Waals surface area contributed by atoms with E-state index < -0.39 is 0 Å². The van der Waals surface area contributed by atoms with E-state index in [1.807, 2.05) is 6.07 Å². The molecule has 2 N–H and O–H groups in total. The van der Waals surface area contributed by atoms with E-state index in [4.69, 9.17) is 10.5 Å². The van der Waals surface area contributed by atoms with Crippen LogP contribution in [0.3, 0.4) is 0 Å². The van der Waals surface area contributed by atoms with Gasteiger partial charge < -0.3 is 10.5 Å². The summed E-state index contributed by atoms with van der Waals surface area (Å²) in [6.07, 6.45) is 6.08. The summed E-state index contributed by atoms with van der Waals surface area (Å²) in [5.74, 6) is 0.939. The lowest BCUT2D eigenvalue weighted by atomic mass is 9.84. The number of rotatable bonds is 4. The van der Waals surface area contributed by atoms with Crippen molar-refractivity contribution in [3.63, 3.8) is 0 Å². The Morgan fingerprint density at radius 1 is 1.37 bits per heavy atom. The van der Waals surface area contributed by atoms with Crippen LogP contribution in [0, 0.1) is 11.7 Å². The molecule has 1 aliphatic carbocycles. The highest BCUT2D eigenvalue weighted by Crippen LogP contribution is 2.33. The third kappa shape index (κ3) is 3.27. The maximum absolute atomic E-state index is 13.9. The van der Waals surface area contributed by atoms with E-state index >= 15 is 0 Å². The Balaban J connectivity index is 2.20. The molecule has 3 heteroatoms.